The van der Waals surface area contributed by atoms with Crippen LogP contribution in [0.25, 0.3) is 0 Å². The average molecular weight is 422 g/mol. The van der Waals surface area contributed by atoms with Gasteiger partial charge in [0.2, 0.25) is 0 Å². The molecule has 4 heteroatoms. The van der Waals surface area contributed by atoms with Crippen LogP contribution in [-0.2, 0) is 0 Å². The van der Waals surface area contributed by atoms with E-state index in [4.69, 9.17) is 0 Å². The number of benzene rings is 2. The molecule has 0 N–H and O–H groups in total. The molecule has 0 aliphatic heterocycles. The van der Waals surface area contributed by atoms with Crippen LogP contribution >= 0.6 is 31.9 Å². The summed E-state index contributed by atoms with van der Waals surface area (Å²) in [5, 5.41) is 8.98. The second-order valence-electron chi connectivity index (χ2n) is 4.81. The maximum atomic E-state index is 4.49. The van der Waals surface area contributed by atoms with E-state index in [-0.39, 0.29) is 0 Å². The number of rotatable bonds is 5. The highest BCUT2D eigenvalue weighted by atomic mass is 79.9. The van der Waals surface area contributed by atoms with Crippen LogP contribution in [0.3, 0.4) is 0 Å². The van der Waals surface area contributed by atoms with Gasteiger partial charge < -0.3 is 0 Å². The van der Waals surface area contributed by atoms with Crippen molar-refractivity contribution in [2.45, 2.75) is 26.7 Å². The molecule has 2 rings (SSSR count). The first-order chi connectivity index (χ1) is 10.6. The van der Waals surface area contributed by atoms with Crippen molar-refractivity contribution in [3.05, 3.63) is 68.6 Å². The first-order valence-electron chi connectivity index (χ1n) is 7.29. The standard InChI is InChI=1S/C18H18Br2N2/c1-3-17(13-5-9-15(19)10-6-13)21-22-18(4-2)14-7-11-16(20)12-8-14/h5-12H,3-4H2,1-2H3/b21-17+,22-18?. The molecule has 0 unspecified atom stereocenters. The SMILES string of the molecule is CCC(=N/N=C(\CC)c1ccc(Br)cc1)c1ccc(Br)cc1. The Morgan fingerprint density at radius 3 is 1.27 bits per heavy atom. The summed E-state index contributed by atoms with van der Waals surface area (Å²) < 4.78 is 2.14. The van der Waals surface area contributed by atoms with E-state index < -0.39 is 0 Å². The Labute approximate surface area is 148 Å². The van der Waals surface area contributed by atoms with Gasteiger partial charge in [0.15, 0.2) is 0 Å². The summed E-state index contributed by atoms with van der Waals surface area (Å²) >= 11 is 6.91. The Kier molecular flexibility index (Phi) is 6.52. The van der Waals surface area contributed by atoms with Crippen LogP contribution < -0.4 is 0 Å². The highest BCUT2D eigenvalue weighted by Gasteiger charge is 2.03. The second kappa shape index (κ2) is 8.39. The fourth-order valence-electron chi connectivity index (χ4n) is 2.07. The van der Waals surface area contributed by atoms with Crippen LogP contribution in [0.2, 0.25) is 0 Å². The quantitative estimate of drug-likeness (QED) is 0.404. The van der Waals surface area contributed by atoms with Crippen LogP contribution in [0.4, 0.5) is 0 Å². The van der Waals surface area contributed by atoms with Crippen molar-refractivity contribution < 1.29 is 0 Å². The molecule has 0 bridgehead atoms. The number of hydrogen-bond acceptors (Lipinski definition) is 2. The van der Waals surface area contributed by atoms with Gasteiger partial charge in [-0.3, -0.25) is 0 Å². The number of halogens is 2. The van der Waals surface area contributed by atoms with E-state index in [9.17, 15) is 0 Å². The summed E-state index contributed by atoms with van der Waals surface area (Å²) in [6.45, 7) is 4.20. The maximum absolute atomic E-state index is 4.49. The predicted molar refractivity (Wildman–Crippen MR) is 102 cm³/mol. The molecule has 0 saturated carbocycles. The van der Waals surface area contributed by atoms with Crippen molar-refractivity contribution in [3.63, 3.8) is 0 Å². The largest absolute Gasteiger partial charge is 0.155 e. The third-order valence-electron chi connectivity index (χ3n) is 3.32. The van der Waals surface area contributed by atoms with Gasteiger partial charge in [-0.15, -0.1) is 0 Å². The summed E-state index contributed by atoms with van der Waals surface area (Å²) in [6.07, 6.45) is 1.70. The zero-order valence-electron chi connectivity index (χ0n) is 12.7. The second-order valence-corrected chi connectivity index (χ2v) is 6.65. The zero-order chi connectivity index (χ0) is 15.9. The Balaban J connectivity index is 2.31. The van der Waals surface area contributed by atoms with Crippen molar-refractivity contribution in [3.8, 4) is 0 Å². The molecule has 0 heterocycles. The monoisotopic (exact) mass is 420 g/mol. The molecule has 22 heavy (non-hydrogen) atoms. The van der Waals surface area contributed by atoms with Gasteiger partial charge in [0.25, 0.3) is 0 Å². The van der Waals surface area contributed by atoms with Crippen molar-refractivity contribution in [1.82, 2.24) is 0 Å². The zero-order valence-corrected chi connectivity index (χ0v) is 15.9. The maximum Gasteiger partial charge on any atom is 0.0700 e. The summed E-state index contributed by atoms with van der Waals surface area (Å²) in [5.41, 5.74) is 4.22. The van der Waals surface area contributed by atoms with Crippen molar-refractivity contribution in [2.24, 2.45) is 10.2 Å². The first-order valence-corrected chi connectivity index (χ1v) is 8.88. The van der Waals surface area contributed by atoms with E-state index >= 15 is 0 Å². The van der Waals surface area contributed by atoms with Gasteiger partial charge >= 0.3 is 0 Å². The molecule has 2 aromatic carbocycles. The molecule has 0 amide bonds. The molecule has 0 radical (unpaired) electrons. The minimum atomic E-state index is 0.850. The number of hydrogen-bond donors (Lipinski definition) is 0. The molecule has 0 aromatic heterocycles. The molecule has 0 aliphatic rings. The molecule has 0 saturated heterocycles. The lowest BCUT2D eigenvalue weighted by atomic mass is 10.1. The fraction of sp³-hybridized carbons (Fsp3) is 0.222. The van der Waals surface area contributed by atoms with Crippen molar-refractivity contribution in [1.29, 1.82) is 0 Å². The Bertz CT molecular complexity index is 610. The Hall–Kier alpha value is -1.26. The van der Waals surface area contributed by atoms with Crippen LogP contribution in [0.1, 0.15) is 37.8 Å². The highest BCUT2D eigenvalue weighted by molar-refractivity contribution is 9.10. The highest BCUT2D eigenvalue weighted by Crippen LogP contribution is 2.15. The molecule has 2 aromatic rings. The van der Waals surface area contributed by atoms with Gasteiger partial charge in [-0.05, 0) is 48.2 Å². The van der Waals surface area contributed by atoms with E-state index in [0.29, 0.717) is 0 Å². The molecule has 0 atom stereocenters. The fourth-order valence-corrected chi connectivity index (χ4v) is 2.60. The Morgan fingerprint density at radius 2 is 1.00 bits per heavy atom. The van der Waals surface area contributed by atoms with Crippen LogP contribution in [0.15, 0.2) is 67.7 Å². The van der Waals surface area contributed by atoms with Gasteiger partial charge in [0.05, 0.1) is 11.4 Å². The van der Waals surface area contributed by atoms with Crippen molar-refractivity contribution >= 4 is 43.3 Å². The van der Waals surface area contributed by atoms with E-state index in [1.807, 2.05) is 24.3 Å². The van der Waals surface area contributed by atoms with Crippen molar-refractivity contribution in [2.75, 3.05) is 0 Å². The lowest BCUT2D eigenvalue weighted by Crippen LogP contribution is -2.01. The molecule has 0 spiro atoms. The Morgan fingerprint density at radius 1 is 0.682 bits per heavy atom. The topological polar surface area (TPSA) is 24.7 Å². The summed E-state index contributed by atoms with van der Waals surface area (Å²) in [7, 11) is 0. The molecule has 2 nitrogen and oxygen atoms in total. The van der Waals surface area contributed by atoms with Crippen LogP contribution in [-0.4, -0.2) is 11.4 Å². The number of nitrogens with zero attached hydrogens (tertiary/aromatic N) is 2. The minimum absolute atomic E-state index is 0.850. The third-order valence-corrected chi connectivity index (χ3v) is 4.37. The third kappa shape index (κ3) is 4.62. The first kappa shape index (κ1) is 17.1. The summed E-state index contributed by atoms with van der Waals surface area (Å²) in [5.74, 6) is 0. The lowest BCUT2D eigenvalue weighted by molar-refractivity contribution is 1.13. The molecule has 0 fully saturated rings. The molecular formula is C18H18Br2N2. The lowest BCUT2D eigenvalue weighted by Gasteiger charge is -2.05. The average Bonchev–Trinajstić information content (AvgIpc) is 2.54. The normalized spacial score (nSPS) is 12.5. The summed E-state index contributed by atoms with van der Waals surface area (Å²) in [4.78, 5) is 0. The minimum Gasteiger partial charge on any atom is -0.155 e. The van der Waals surface area contributed by atoms with Gasteiger partial charge in [-0.25, -0.2) is 0 Å². The smallest absolute Gasteiger partial charge is 0.0700 e. The molecule has 114 valence electrons. The van der Waals surface area contributed by atoms with Gasteiger partial charge in [0, 0.05) is 8.95 Å². The summed E-state index contributed by atoms with van der Waals surface area (Å²) in [6, 6.07) is 16.4. The van der Waals surface area contributed by atoms with Gasteiger partial charge in [-0.1, -0.05) is 70.0 Å². The van der Waals surface area contributed by atoms with Crippen LogP contribution in [0, 0.1) is 0 Å². The van der Waals surface area contributed by atoms with Gasteiger partial charge in [0.1, 0.15) is 0 Å². The molecular weight excluding hydrogens is 404 g/mol. The van der Waals surface area contributed by atoms with E-state index in [2.05, 4.69) is 80.2 Å². The van der Waals surface area contributed by atoms with E-state index in [1.165, 1.54) is 0 Å². The van der Waals surface area contributed by atoms with Gasteiger partial charge in [-0.2, -0.15) is 10.2 Å². The predicted octanol–water partition coefficient (Wildman–Crippen LogP) is 6.23. The molecule has 0 aliphatic carbocycles. The van der Waals surface area contributed by atoms with E-state index in [0.717, 1.165) is 44.3 Å². The van der Waals surface area contributed by atoms with Crippen LogP contribution in [0.5, 0.6) is 0 Å². The van der Waals surface area contributed by atoms with E-state index in [1.54, 1.807) is 0 Å².